The highest BCUT2D eigenvalue weighted by Crippen LogP contribution is 2.21. The molecule has 0 aromatic heterocycles. The summed E-state index contributed by atoms with van der Waals surface area (Å²) in [6.07, 6.45) is 3.76. The SMILES string of the molecule is CCC1NCCN(CCCCC(C)(C)C#N)C1=O. The normalized spacial score (nSPS) is 20.9. The molecule has 102 valence electrons. The molecule has 18 heavy (non-hydrogen) atoms. The van der Waals surface area contributed by atoms with Gasteiger partial charge in [0, 0.05) is 19.6 Å². The largest absolute Gasteiger partial charge is 0.340 e. The third kappa shape index (κ3) is 4.30. The summed E-state index contributed by atoms with van der Waals surface area (Å²) in [4.78, 5) is 14.0. The minimum absolute atomic E-state index is 0.00861. The number of amides is 1. The lowest BCUT2D eigenvalue weighted by Gasteiger charge is -2.33. The molecule has 0 saturated carbocycles. The molecule has 0 bridgehead atoms. The highest BCUT2D eigenvalue weighted by molar-refractivity contribution is 5.82. The zero-order chi connectivity index (χ0) is 13.6. The first-order chi connectivity index (χ1) is 8.50. The van der Waals surface area contributed by atoms with Crippen LogP contribution < -0.4 is 5.32 Å². The quantitative estimate of drug-likeness (QED) is 0.734. The van der Waals surface area contributed by atoms with Gasteiger partial charge in [-0.1, -0.05) is 13.3 Å². The van der Waals surface area contributed by atoms with Gasteiger partial charge >= 0.3 is 0 Å². The van der Waals surface area contributed by atoms with Crippen molar-refractivity contribution < 1.29 is 4.79 Å². The molecule has 0 radical (unpaired) electrons. The number of nitrogens with zero attached hydrogens (tertiary/aromatic N) is 2. The number of rotatable bonds is 6. The molecule has 1 saturated heterocycles. The molecule has 1 rings (SSSR count). The van der Waals surface area contributed by atoms with Crippen LogP contribution in [0.4, 0.5) is 0 Å². The molecule has 0 aromatic rings. The van der Waals surface area contributed by atoms with E-state index in [2.05, 4.69) is 11.4 Å². The summed E-state index contributed by atoms with van der Waals surface area (Å²) in [5.41, 5.74) is -0.237. The van der Waals surface area contributed by atoms with Crippen LogP contribution in [0.25, 0.3) is 0 Å². The Balaban J connectivity index is 2.27. The summed E-state index contributed by atoms with van der Waals surface area (Å²) in [6, 6.07) is 2.32. The lowest BCUT2D eigenvalue weighted by Crippen LogP contribution is -2.54. The minimum Gasteiger partial charge on any atom is -0.340 e. The van der Waals surface area contributed by atoms with Gasteiger partial charge in [0.25, 0.3) is 0 Å². The van der Waals surface area contributed by atoms with Crippen molar-refractivity contribution in [2.75, 3.05) is 19.6 Å². The van der Waals surface area contributed by atoms with E-state index in [1.54, 1.807) is 0 Å². The van der Waals surface area contributed by atoms with E-state index in [4.69, 9.17) is 5.26 Å². The van der Waals surface area contributed by atoms with Crippen molar-refractivity contribution in [1.82, 2.24) is 10.2 Å². The Bertz CT molecular complexity index is 319. The summed E-state index contributed by atoms with van der Waals surface area (Å²) in [7, 11) is 0. The van der Waals surface area contributed by atoms with Gasteiger partial charge in [0.2, 0.25) is 5.91 Å². The summed E-state index contributed by atoms with van der Waals surface area (Å²) < 4.78 is 0. The molecule has 4 heteroatoms. The first kappa shape index (κ1) is 15.0. The number of piperazine rings is 1. The Morgan fingerprint density at radius 2 is 2.22 bits per heavy atom. The Hall–Kier alpha value is -1.08. The molecule has 0 aliphatic carbocycles. The van der Waals surface area contributed by atoms with Crippen LogP contribution >= 0.6 is 0 Å². The molecule has 1 amide bonds. The second-order valence-electron chi connectivity index (χ2n) is 5.69. The number of unbranched alkanes of at least 4 members (excludes halogenated alkanes) is 1. The van der Waals surface area contributed by atoms with Crippen LogP contribution in [0.2, 0.25) is 0 Å². The predicted octanol–water partition coefficient (Wildman–Crippen LogP) is 1.92. The van der Waals surface area contributed by atoms with E-state index in [0.717, 1.165) is 45.3 Å². The van der Waals surface area contributed by atoms with Crippen molar-refractivity contribution >= 4 is 5.91 Å². The zero-order valence-corrected chi connectivity index (χ0v) is 11.8. The average molecular weight is 251 g/mol. The molecule has 1 unspecified atom stereocenters. The Kier molecular flexibility index (Phi) is 5.61. The summed E-state index contributed by atoms with van der Waals surface area (Å²) in [5, 5.41) is 12.2. The van der Waals surface area contributed by atoms with E-state index in [1.807, 2.05) is 25.7 Å². The number of hydrogen-bond acceptors (Lipinski definition) is 3. The van der Waals surface area contributed by atoms with E-state index < -0.39 is 0 Å². The van der Waals surface area contributed by atoms with Crippen LogP contribution in [-0.2, 0) is 4.79 Å². The van der Waals surface area contributed by atoms with Gasteiger partial charge in [0.05, 0.1) is 17.5 Å². The first-order valence-electron chi connectivity index (χ1n) is 6.93. The van der Waals surface area contributed by atoms with Crippen LogP contribution in [0, 0.1) is 16.7 Å². The highest BCUT2D eigenvalue weighted by Gasteiger charge is 2.26. The molecule has 4 nitrogen and oxygen atoms in total. The van der Waals surface area contributed by atoms with E-state index in [-0.39, 0.29) is 17.4 Å². The number of nitrogens with one attached hydrogen (secondary N) is 1. The van der Waals surface area contributed by atoms with Crippen molar-refractivity contribution in [3.63, 3.8) is 0 Å². The molecule has 1 fully saturated rings. The Morgan fingerprint density at radius 3 is 2.83 bits per heavy atom. The van der Waals surface area contributed by atoms with Gasteiger partial charge in [-0.25, -0.2) is 0 Å². The maximum Gasteiger partial charge on any atom is 0.239 e. The fourth-order valence-corrected chi connectivity index (χ4v) is 2.26. The van der Waals surface area contributed by atoms with Gasteiger partial charge in [0.1, 0.15) is 0 Å². The smallest absolute Gasteiger partial charge is 0.239 e. The fourth-order valence-electron chi connectivity index (χ4n) is 2.26. The Morgan fingerprint density at radius 1 is 1.50 bits per heavy atom. The van der Waals surface area contributed by atoms with E-state index >= 15 is 0 Å². The molecule has 0 spiro atoms. The average Bonchev–Trinajstić information content (AvgIpc) is 2.36. The molecule has 1 aliphatic heterocycles. The monoisotopic (exact) mass is 251 g/mol. The summed E-state index contributed by atoms with van der Waals surface area (Å²) >= 11 is 0. The Labute approximate surface area is 110 Å². The molecule has 1 N–H and O–H groups in total. The van der Waals surface area contributed by atoms with Crippen molar-refractivity contribution in [3.05, 3.63) is 0 Å². The zero-order valence-electron chi connectivity index (χ0n) is 11.8. The van der Waals surface area contributed by atoms with Crippen LogP contribution in [0.5, 0.6) is 0 Å². The molecular weight excluding hydrogens is 226 g/mol. The lowest BCUT2D eigenvalue weighted by atomic mass is 9.89. The number of carbonyl (C=O) groups excluding carboxylic acids is 1. The van der Waals surface area contributed by atoms with Gasteiger partial charge in [-0.05, 0) is 33.1 Å². The van der Waals surface area contributed by atoms with Gasteiger partial charge in [0.15, 0.2) is 0 Å². The second-order valence-corrected chi connectivity index (χ2v) is 5.69. The maximum atomic E-state index is 12.0. The second kappa shape index (κ2) is 6.75. The summed E-state index contributed by atoms with van der Waals surface area (Å²) in [6.45, 7) is 8.52. The van der Waals surface area contributed by atoms with Crippen LogP contribution in [-0.4, -0.2) is 36.5 Å². The molecule has 1 heterocycles. The minimum atomic E-state index is -0.237. The van der Waals surface area contributed by atoms with Gasteiger partial charge in [-0.2, -0.15) is 5.26 Å². The lowest BCUT2D eigenvalue weighted by molar-refractivity contribution is -0.135. The maximum absolute atomic E-state index is 12.0. The fraction of sp³-hybridized carbons (Fsp3) is 0.857. The summed E-state index contributed by atoms with van der Waals surface area (Å²) in [5.74, 6) is 0.239. The van der Waals surface area contributed by atoms with Gasteiger partial charge < -0.3 is 10.2 Å². The van der Waals surface area contributed by atoms with Crippen LogP contribution in [0.1, 0.15) is 46.5 Å². The third-order valence-electron chi connectivity index (χ3n) is 3.57. The van der Waals surface area contributed by atoms with E-state index in [0.29, 0.717) is 0 Å². The van der Waals surface area contributed by atoms with Crippen molar-refractivity contribution in [1.29, 1.82) is 5.26 Å². The number of carbonyl (C=O) groups is 1. The molecule has 1 aliphatic rings. The predicted molar refractivity (Wildman–Crippen MR) is 71.9 cm³/mol. The van der Waals surface area contributed by atoms with E-state index in [9.17, 15) is 4.79 Å². The highest BCUT2D eigenvalue weighted by atomic mass is 16.2. The topological polar surface area (TPSA) is 56.1 Å². The van der Waals surface area contributed by atoms with Gasteiger partial charge in [-0.3, -0.25) is 4.79 Å². The molecule has 0 aromatic carbocycles. The van der Waals surface area contributed by atoms with Crippen molar-refractivity contribution in [2.45, 2.75) is 52.5 Å². The number of hydrogen-bond donors (Lipinski definition) is 1. The van der Waals surface area contributed by atoms with E-state index in [1.165, 1.54) is 0 Å². The van der Waals surface area contributed by atoms with Crippen LogP contribution in [0.15, 0.2) is 0 Å². The van der Waals surface area contributed by atoms with Crippen LogP contribution in [0.3, 0.4) is 0 Å². The van der Waals surface area contributed by atoms with Gasteiger partial charge in [-0.15, -0.1) is 0 Å². The third-order valence-corrected chi connectivity index (χ3v) is 3.57. The standard InChI is InChI=1S/C14H25N3O/c1-4-12-13(18)17(10-8-16-12)9-6-5-7-14(2,3)11-15/h12,16H,4-10H2,1-3H3. The van der Waals surface area contributed by atoms with Crippen molar-refractivity contribution in [2.24, 2.45) is 5.41 Å². The molecular formula is C14H25N3O. The first-order valence-corrected chi connectivity index (χ1v) is 6.93. The molecule has 1 atom stereocenters. The van der Waals surface area contributed by atoms with Crippen molar-refractivity contribution in [3.8, 4) is 6.07 Å². The number of nitriles is 1.